The maximum Gasteiger partial charge on any atom is 0.157 e. The molecule has 1 aromatic heterocycles. The van der Waals surface area contributed by atoms with E-state index in [-0.39, 0.29) is 5.82 Å². The van der Waals surface area contributed by atoms with Crippen LogP contribution in [0.2, 0.25) is 0 Å². The highest BCUT2D eigenvalue weighted by Crippen LogP contribution is 2.22. The molecule has 4 nitrogen and oxygen atoms in total. The lowest BCUT2D eigenvalue weighted by atomic mass is 10.0. The van der Waals surface area contributed by atoms with Gasteiger partial charge in [0.2, 0.25) is 0 Å². The molecule has 0 aliphatic rings. The average Bonchev–Trinajstić information content (AvgIpc) is 2.74. The number of benzene rings is 1. The van der Waals surface area contributed by atoms with Gasteiger partial charge in [0.05, 0.1) is 0 Å². The van der Waals surface area contributed by atoms with Gasteiger partial charge in [0.15, 0.2) is 5.82 Å². The summed E-state index contributed by atoms with van der Waals surface area (Å²) in [5, 5.41) is 16.1. The van der Waals surface area contributed by atoms with E-state index in [1.165, 1.54) is 18.5 Å². The van der Waals surface area contributed by atoms with E-state index in [4.69, 9.17) is 0 Å². The highest BCUT2D eigenvalue weighted by Gasteiger charge is 2.15. The van der Waals surface area contributed by atoms with E-state index in [2.05, 4.69) is 15.2 Å². The van der Waals surface area contributed by atoms with Crippen LogP contribution in [-0.2, 0) is 0 Å². The number of nitrogens with zero attached hydrogens (tertiary/aromatic N) is 2. The van der Waals surface area contributed by atoms with Crippen molar-refractivity contribution in [2.75, 3.05) is 0 Å². The predicted octanol–water partition coefficient (Wildman–Crippen LogP) is 1.33. The summed E-state index contributed by atoms with van der Waals surface area (Å²) in [4.78, 5) is 3.82. The largest absolute Gasteiger partial charge is 0.380 e. The molecule has 2 N–H and O–H groups in total. The summed E-state index contributed by atoms with van der Waals surface area (Å²) in [6.07, 6.45) is 0.330. The molecular formula is C10H10FN3O. The number of rotatable bonds is 2. The first-order valence-electron chi connectivity index (χ1n) is 4.48. The molecule has 0 amide bonds. The van der Waals surface area contributed by atoms with E-state index in [1.54, 1.807) is 13.0 Å². The van der Waals surface area contributed by atoms with E-state index < -0.39 is 6.10 Å². The normalized spacial score (nSPS) is 12.7. The van der Waals surface area contributed by atoms with Gasteiger partial charge in [0, 0.05) is 0 Å². The maximum absolute atomic E-state index is 13.0. The fourth-order valence-electron chi connectivity index (χ4n) is 1.40. The van der Waals surface area contributed by atoms with E-state index in [0.717, 1.165) is 5.56 Å². The summed E-state index contributed by atoms with van der Waals surface area (Å²) in [7, 11) is 0. The van der Waals surface area contributed by atoms with Crippen molar-refractivity contribution >= 4 is 0 Å². The van der Waals surface area contributed by atoms with Crippen molar-refractivity contribution in [1.82, 2.24) is 15.2 Å². The molecule has 1 heterocycles. The number of aromatic amines is 1. The first-order chi connectivity index (χ1) is 7.18. The number of aromatic nitrogens is 3. The Hall–Kier alpha value is -1.75. The summed E-state index contributed by atoms with van der Waals surface area (Å²) >= 11 is 0. The van der Waals surface area contributed by atoms with Crippen LogP contribution in [0.1, 0.15) is 23.1 Å². The van der Waals surface area contributed by atoms with Gasteiger partial charge in [-0.3, -0.25) is 5.10 Å². The maximum atomic E-state index is 13.0. The Morgan fingerprint density at radius 1 is 1.47 bits per heavy atom. The van der Waals surface area contributed by atoms with E-state index in [9.17, 15) is 9.50 Å². The first kappa shape index (κ1) is 9.79. The quantitative estimate of drug-likeness (QED) is 0.781. The van der Waals surface area contributed by atoms with Crippen molar-refractivity contribution in [1.29, 1.82) is 0 Å². The van der Waals surface area contributed by atoms with Crippen LogP contribution >= 0.6 is 0 Å². The molecule has 0 spiro atoms. The number of halogens is 1. The SMILES string of the molecule is Cc1ccc(F)cc1C(O)c1ncn[nH]1. The van der Waals surface area contributed by atoms with Gasteiger partial charge in [-0.1, -0.05) is 6.07 Å². The van der Waals surface area contributed by atoms with Crippen molar-refractivity contribution < 1.29 is 9.50 Å². The van der Waals surface area contributed by atoms with Crippen LogP contribution in [0.25, 0.3) is 0 Å². The summed E-state index contributed by atoms with van der Waals surface area (Å²) in [5.41, 5.74) is 1.30. The monoisotopic (exact) mass is 207 g/mol. The number of aliphatic hydroxyl groups is 1. The third kappa shape index (κ3) is 1.87. The molecule has 0 bridgehead atoms. The van der Waals surface area contributed by atoms with Crippen LogP contribution in [0.5, 0.6) is 0 Å². The number of aliphatic hydroxyl groups excluding tert-OH is 1. The third-order valence-electron chi connectivity index (χ3n) is 2.23. The number of hydrogen-bond acceptors (Lipinski definition) is 3. The molecule has 2 rings (SSSR count). The molecule has 0 fully saturated rings. The third-order valence-corrected chi connectivity index (χ3v) is 2.23. The molecule has 2 aromatic rings. The summed E-state index contributed by atoms with van der Waals surface area (Å²) in [5.74, 6) is -0.0714. The number of hydrogen-bond donors (Lipinski definition) is 2. The Kier molecular flexibility index (Phi) is 2.47. The average molecular weight is 207 g/mol. The first-order valence-corrected chi connectivity index (χ1v) is 4.48. The topological polar surface area (TPSA) is 61.8 Å². The minimum atomic E-state index is -0.969. The Balaban J connectivity index is 2.41. The Morgan fingerprint density at radius 3 is 2.93 bits per heavy atom. The number of nitrogens with one attached hydrogen (secondary N) is 1. The Morgan fingerprint density at radius 2 is 2.27 bits per heavy atom. The van der Waals surface area contributed by atoms with E-state index in [1.807, 2.05) is 0 Å². The van der Waals surface area contributed by atoms with Crippen LogP contribution in [0.15, 0.2) is 24.5 Å². The lowest BCUT2D eigenvalue weighted by molar-refractivity contribution is 0.209. The van der Waals surface area contributed by atoms with Gasteiger partial charge in [0.1, 0.15) is 18.2 Å². The van der Waals surface area contributed by atoms with Gasteiger partial charge in [-0.25, -0.2) is 9.37 Å². The van der Waals surface area contributed by atoms with Crippen LogP contribution < -0.4 is 0 Å². The molecule has 1 aromatic carbocycles. The van der Waals surface area contributed by atoms with Crippen molar-refractivity contribution in [2.45, 2.75) is 13.0 Å². The van der Waals surface area contributed by atoms with Crippen LogP contribution in [0, 0.1) is 12.7 Å². The van der Waals surface area contributed by atoms with E-state index in [0.29, 0.717) is 11.4 Å². The standard InChI is InChI=1S/C10H10FN3O/c1-6-2-3-7(11)4-8(6)9(15)10-12-5-13-14-10/h2-5,9,15H,1H3,(H,12,13,14). The van der Waals surface area contributed by atoms with Crippen LogP contribution in [0.3, 0.4) is 0 Å². The van der Waals surface area contributed by atoms with Gasteiger partial charge in [0.25, 0.3) is 0 Å². The molecule has 1 atom stereocenters. The molecule has 0 aliphatic carbocycles. The van der Waals surface area contributed by atoms with Gasteiger partial charge in [-0.05, 0) is 30.2 Å². The second-order valence-corrected chi connectivity index (χ2v) is 3.27. The second kappa shape index (κ2) is 3.78. The lowest BCUT2D eigenvalue weighted by Crippen LogP contribution is -2.04. The number of aryl methyl sites for hydroxylation is 1. The zero-order valence-electron chi connectivity index (χ0n) is 8.11. The van der Waals surface area contributed by atoms with Gasteiger partial charge < -0.3 is 5.11 Å². The van der Waals surface area contributed by atoms with Crippen LogP contribution in [-0.4, -0.2) is 20.3 Å². The van der Waals surface area contributed by atoms with Crippen LogP contribution in [0.4, 0.5) is 4.39 Å². The highest BCUT2D eigenvalue weighted by molar-refractivity contribution is 5.31. The van der Waals surface area contributed by atoms with Gasteiger partial charge in [-0.15, -0.1) is 0 Å². The Bertz CT molecular complexity index is 456. The molecule has 78 valence electrons. The highest BCUT2D eigenvalue weighted by atomic mass is 19.1. The molecular weight excluding hydrogens is 197 g/mol. The second-order valence-electron chi connectivity index (χ2n) is 3.27. The molecule has 1 unspecified atom stereocenters. The summed E-state index contributed by atoms with van der Waals surface area (Å²) in [6, 6.07) is 4.26. The summed E-state index contributed by atoms with van der Waals surface area (Å²) in [6.45, 7) is 1.80. The molecule has 15 heavy (non-hydrogen) atoms. The minimum Gasteiger partial charge on any atom is -0.380 e. The van der Waals surface area contributed by atoms with E-state index >= 15 is 0 Å². The zero-order valence-corrected chi connectivity index (χ0v) is 8.11. The Labute approximate surface area is 85.8 Å². The molecule has 0 saturated heterocycles. The lowest BCUT2D eigenvalue weighted by Gasteiger charge is -2.10. The smallest absolute Gasteiger partial charge is 0.157 e. The number of H-pyrrole nitrogens is 1. The zero-order chi connectivity index (χ0) is 10.8. The molecule has 5 heteroatoms. The predicted molar refractivity (Wildman–Crippen MR) is 51.6 cm³/mol. The molecule has 0 aliphatic heterocycles. The van der Waals surface area contributed by atoms with Gasteiger partial charge >= 0.3 is 0 Å². The minimum absolute atomic E-state index is 0.309. The van der Waals surface area contributed by atoms with Crippen molar-refractivity contribution in [3.8, 4) is 0 Å². The van der Waals surface area contributed by atoms with Crippen molar-refractivity contribution in [3.05, 3.63) is 47.3 Å². The summed E-state index contributed by atoms with van der Waals surface area (Å²) < 4.78 is 13.0. The van der Waals surface area contributed by atoms with Crippen molar-refractivity contribution in [3.63, 3.8) is 0 Å². The fraction of sp³-hybridized carbons (Fsp3) is 0.200. The van der Waals surface area contributed by atoms with Crippen molar-refractivity contribution in [2.24, 2.45) is 0 Å². The fourth-order valence-corrected chi connectivity index (χ4v) is 1.40. The molecule has 0 radical (unpaired) electrons. The molecule has 0 saturated carbocycles. The van der Waals surface area contributed by atoms with Gasteiger partial charge in [-0.2, -0.15) is 5.10 Å².